The summed E-state index contributed by atoms with van der Waals surface area (Å²) in [6, 6.07) is 0. The molecule has 0 aliphatic heterocycles. The van der Waals surface area contributed by atoms with Crippen molar-refractivity contribution in [3.05, 3.63) is 10.1 Å². The molecule has 0 aliphatic rings. The van der Waals surface area contributed by atoms with Crippen LogP contribution in [0.15, 0.2) is 5.34 Å². The zero-order valence-electron chi connectivity index (χ0n) is 1.58. The number of hydrogen-bond donors (Lipinski definition) is 0. The monoisotopic (exact) mass is 152 g/mol. The third-order valence-electron chi connectivity index (χ3n) is 0. The molecule has 0 fully saturated rings. The Morgan fingerprint density at radius 3 is 1.75 bits per heavy atom. The van der Waals surface area contributed by atoms with Gasteiger partial charge in [0.25, 0.3) is 0 Å². The van der Waals surface area contributed by atoms with Gasteiger partial charge in [0.15, 0.2) is 0 Å². The summed E-state index contributed by atoms with van der Waals surface area (Å²) in [5.41, 5.74) is 0. The molecule has 0 aromatic carbocycles. The Kier molecular flexibility index (Phi) is 25.8. The third-order valence-corrected chi connectivity index (χ3v) is 0. The van der Waals surface area contributed by atoms with E-state index < -0.39 is 0 Å². The summed E-state index contributed by atoms with van der Waals surface area (Å²) in [5.74, 6) is 0. The minimum Gasteiger partial charge on any atom is -0.444 e. The van der Waals surface area contributed by atoms with E-state index in [2.05, 4.69) is 0 Å². The first-order chi connectivity index (χ1) is 1.41. The molecule has 4 heteroatoms. The van der Waals surface area contributed by atoms with Crippen molar-refractivity contribution < 1.29 is 20.4 Å². The molecule has 4 heavy (non-hydrogen) atoms. The summed E-state index contributed by atoms with van der Waals surface area (Å²) >= 11 is 0. The predicted octanol–water partition coefficient (Wildman–Crippen LogP) is 0.248. The van der Waals surface area contributed by atoms with Crippen molar-refractivity contribution in [2.45, 2.75) is 0 Å². The molecule has 3 nitrogen and oxygen atoms in total. The second kappa shape index (κ2) is 11.5. The molecule has 0 heterocycles. The first-order valence-electron chi connectivity index (χ1n) is 0.365. The maximum Gasteiger partial charge on any atom is 2.00 e. The number of nitrogens with zero attached hydrogens (tertiary/aromatic N) is 1. The summed E-state index contributed by atoms with van der Waals surface area (Å²) in [7, 11) is 0. The molecule has 0 unspecified atom stereocenters. The van der Waals surface area contributed by atoms with E-state index in [0.717, 1.165) is 5.34 Å². The zero-order chi connectivity index (χ0) is 2.71. The smallest absolute Gasteiger partial charge is 0.444 e. The van der Waals surface area contributed by atoms with Crippen LogP contribution in [0.3, 0.4) is 0 Å². The largest absolute Gasteiger partial charge is 2.00 e. The van der Waals surface area contributed by atoms with Crippen LogP contribution in [-0.4, -0.2) is 0 Å². The molecule has 26 valence electrons. The third kappa shape index (κ3) is 599. The van der Waals surface area contributed by atoms with Gasteiger partial charge in [-0.05, 0) is 0 Å². The molecule has 0 bridgehead atoms. The molecule has 0 aromatic rings. The molecule has 0 saturated heterocycles. The first kappa shape index (κ1) is 8.96. The van der Waals surface area contributed by atoms with E-state index in [9.17, 15) is 0 Å². The van der Waals surface area contributed by atoms with Crippen LogP contribution in [0.2, 0.25) is 0 Å². The van der Waals surface area contributed by atoms with E-state index in [1.807, 2.05) is 0 Å². The molecular weight excluding hydrogens is 152 g/mol. The topological polar surface area (TPSA) is 52.5 Å². The molecular formula is NO2Pd+. The normalized spacial score (nSPS) is 3.00. The average Bonchev–Trinajstić information content (AvgIpc) is 0.918. The van der Waals surface area contributed by atoms with Gasteiger partial charge in [-0.1, -0.05) is 0 Å². The van der Waals surface area contributed by atoms with Crippen LogP contribution in [0.4, 0.5) is 0 Å². The van der Waals surface area contributed by atoms with Crippen molar-refractivity contribution in [2.24, 2.45) is 5.34 Å². The minimum atomic E-state index is 0. The summed E-state index contributed by atoms with van der Waals surface area (Å²) in [6.45, 7) is 0. The molecule has 0 aliphatic carbocycles. The maximum absolute atomic E-state index is 8.00. The van der Waals surface area contributed by atoms with Crippen molar-refractivity contribution in [3.63, 3.8) is 0 Å². The van der Waals surface area contributed by atoms with E-state index in [-0.39, 0.29) is 20.4 Å². The van der Waals surface area contributed by atoms with Crippen molar-refractivity contribution in [2.75, 3.05) is 0 Å². The van der Waals surface area contributed by atoms with Crippen molar-refractivity contribution in [1.29, 1.82) is 0 Å². The first-order valence-corrected chi connectivity index (χ1v) is 0.365. The van der Waals surface area contributed by atoms with Crippen LogP contribution in [0.25, 0.3) is 0 Å². The zero-order valence-corrected chi connectivity index (χ0v) is 3.13. The Morgan fingerprint density at radius 1 is 1.75 bits per heavy atom. The summed E-state index contributed by atoms with van der Waals surface area (Å²) in [6.07, 6.45) is 0. The van der Waals surface area contributed by atoms with E-state index >= 15 is 0 Å². The van der Waals surface area contributed by atoms with Gasteiger partial charge in [-0.2, -0.15) is 0 Å². The van der Waals surface area contributed by atoms with Gasteiger partial charge in [0, 0.05) is 0 Å². The van der Waals surface area contributed by atoms with E-state index in [1.54, 1.807) is 0 Å². The predicted molar refractivity (Wildman–Crippen MR) is 9.16 cm³/mol. The number of hydrogen-bond acceptors (Lipinski definition) is 3. The van der Waals surface area contributed by atoms with Crippen LogP contribution in [0.1, 0.15) is 0 Å². The fourth-order valence-corrected chi connectivity index (χ4v) is 0. The van der Waals surface area contributed by atoms with Crippen molar-refractivity contribution in [3.8, 4) is 0 Å². The van der Waals surface area contributed by atoms with Crippen LogP contribution in [0.5, 0.6) is 0 Å². The quantitative estimate of drug-likeness (QED) is 0.284. The van der Waals surface area contributed by atoms with E-state index in [1.165, 1.54) is 0 Å². The van der Waals surface area contributed by atoms with Crippen LogP contribution >= 0.6 is 0 Å². The fraction of sp³-hybridized carbons (Fsp3) is 0. The summed E-state index contributed by atoms with van der Waals surface area (Å²) in [4.78, 5) is 8.00. The maximum atomic E-state index is 8.00. The van der Waals surface area contributed by atoms with Gasteiger partial charge in [-0.15, -0.1) is 5.34 Å². The molecule has 0 N–H and O–H groups in total. The molecule has 0 aromatic heterocycles. The summed E-state index contributed by atoms with van der Waals surface area (Å²) < 4.78 is 0. The Morgan fingerprint density at radius 2 is 1.75 bits per heavy atom. The molecule has 0 atom stereocenters. The SMILES string of the molecule is O=N[O-].[Pd+2]. The molecule has 0 rings (SSSR count). The van der Waals surface area contributed by atoms with Gasteiger partial charge in [0.05, 0.1) is 0 Å². The van der Waals surface area contributed by atoms with Crippen LogP contribution in [0, 0.1) is 10.1 Å². The van der Waals surface area contributed by atoms with Gasteiger partial charge >= 0.3 is 20.4 Å². The van der Waals surface area contributed by atoms with Gasteiger partial charge < -0.3 is 10.1 Å². The Bertz CT molecular complexity index is 13.5. The molecule has 0 spiro atoms. The van der Waals surface area contributed by atoms with Crippen molar-refractivity contribution in [1.82, 2.24) is 0 Å². The van der Waals surface area contributed by atoms with Crippen molar-refractivity contribution >= 4 is 0 Å². The Hall–Kier alpha value is 0.0623. The second-order valence-corrected chi connectivity index (χ2v) is 0.0745. The average molecular weight is 152 g/mol. The fourth-order valence-electron chi connectivity index (χ4n) is 0. The molecule has 0 amide bonds. The van der Waals surface area contributed by atoms with E-state index in [4.69, 9.17) is 10.1 Å². The molecule has 0 saturated carbocycles. The van der Waals surface area contributed by atoms with Gasteiger partial charge in [-0.3, -0.25) is 0 Å². The Balaban J connectivity index is 0. The van der Waals surface area contributed by atoms with Gasteiger partial charge in [0.1, 0.15) is 0 Å². The van der Waals surface area contributed by atoms with E-state index in [0.29, 0.717) is 0 Å². The minimum absolute atomic E-state index is 0. The van der Waals surface area contributed by atoms with Crippen LogP contribution < -0.4 is 0 Å². The number of rotatable bonds is 0. The Labute approximate surface area is 36.6 Å². The van der Waals surface area contributed by atoms with Gasteiger partial charge in [-0.25, -0.2) is 0 Å². The van der Waals surface area contributed by atoms with Gasteiger partial charge in [0.2, 0.25) is 0 Å². The second-order valence-electron chi connectivity index (χ2n) is 0.0745. The van der Waals surface area contributed by atoms with Crippen LogP contribution in [-0.2, 0) is 20.4 Å². The summed E-state index contributed by atoms with van der Waals surface area (Å²) in [5, 5.41) is 9.00. The molecule has 0 radical (unpaired) electrons. The standard InChI is InChI=1S/HNO2.Pd/c2-1-3;/h(H,2,3);/q;+2/p-1.